The lowest BCUT2D eigenvalue weighted by Gasteiger charge is -2.12. The minimum atomic E-state index is 0. The van der Waals surface area contributed by atoms with Gasteiger partial charge in [0.15, 0.2) is 5.96 Å². The number of nitrogens with one attached hydrogen (secondary N) is 3. The molecule has 3 N–H and O–H groups in total. The van der Waals surface area contributed by atoms with Crippen LogP contribution in [0.15, 0.2) is 60.0 Å². The van der Waals surface area contributed by atoms with Crippen LogP contribution in [0.1, 0.15) is 12.0 Å². The minimum absolute atomic E-state index is 0. The number of guanidine groups is 1. The third-order valence-electron chi connectivity index (χ3n) is 4.14. The van der Waals surface area contributed by atoms with Gasteiger partial charge in [0.25, 0.3) is 0 Å². The summed E-state index contributed by atoms with van der Waals surface area (Å²) in [4.78, 5) is 7.60. The van der Waals surface area contributed by atoms with Crippen LogP contribution >= 0.6 is 24.0 Å². The second-order valence-corrected chi connectivity index (χ2v) is 5.81. The quantitative estimate of drug-likeness (QED) is 0.223. The lowest BCUT2D eigenvalue weighted by atomic mass is 10.1. The highest BCUT2D eigenvalue weighted by Crippen LogP contribution is 2.18. The third kappa shape index (κ3) is 5.52. The highest BCUT2D eigenvalue weighted by Gasteiger charge is 2.03. The Bertz CT molecular complexity index is 776. The number of aliphatic imine (C=N–C) groups is 1. The second-order valence-electron chi connectivity index (χ2n) is 5.81. The first-order valence-electron chi connectivity index (χ1n) is 8.47. The van der Waals surface area contributed by atoms with E-state index < -0.39 is 0 Å². The molecule has 0 saturated heterocycles. The molecule has 2 aromatic heterocycles. The van der Waals surface area contributed by atoms with Gasteiger partial charge >= 0.3 is 0 Å². The average molecular weight is 451 g/mol. The number of fused-ring (bicyclic) bond motifs is 1. The standard InChI is InChI=1S/C19H25N5.HI/c1-20-19(22-11-14-24-12-4-5-13-24)21-10-6-7-16-15-23-18-9-3-2-8-17(16)18;/h2-5,8-9,12-13,15,23H,6-7,10-11,14H2,1H3,(H2,20,21,22);1H. The van der Waals surface area contributed by atoms with Crippen molar-refractivity contribution < 1.29 is 0 Å². The number of para-hydroxylation sites is 1. The smallest absolute Gasteiger partial charge is 0.191 e. The van der Waals surface area contributed by atoms with Crippen molar-refractivity contribution in [3.63, 3.8) is 0 Å². The molecule has 3 rings (SSSR count). The molecule has 0 aliphatic carbocycles. The van der Waals surface area contributed by atoms with E-state index in [-0.39, 0.29) is 24.0 Å². The number of H-pyrrole nitrogens is 1. The van der Waals surface area contributed by atoms with Crippen molar-refractivity contribution in [1.82, 2.24) is 20.2 Å². The summed E-state index contributed by atoms with van der Waals surface area (Å²) in [6, 6.07) is 12.5. The largest absolute Gasteiger partial charge is 0.361 e. The van der Waals surface area contributed by atoms with E-state index in [1.54, 1.807) is 0 Å². The van der Waals surface area contributed by atoms with E-state index in [4.69, 9.17) is 0 Å². The highest BCUT2D eigenvalue weighted by molar-refractivity contribution is 14.0. The normalized spacial score (nSPS) is 11.3. The van der Waals surface area contributed by atoms with Crippen LogP contribution in [-0.4, -0.2) is 35.6 Å². The first-order chi connectivity index (χ1) is 11.9. The molecule has 0 unspecified atom stereocenters. The van der Waals surface area contributed by atoms with E-state index in [2.05, 4.69) is 68.0 Å². The molecular weight excluding hydrogens is 425 g/mol. The molecule has 0 fully saturated rings. The molecule has 0 aliphatic rings. The first-order valence-corrected chi connectivity index (χ1v) is 8.47. The molecule has 5 nitrogen and oxygen atoms in total. The van der Waals surface area contributed by atoms with Crippen LogP contribution < -0.4 is 10.6 Å². The van der Waals surface area contributed by atoms with Crippen LogP contribution in [0, 0.1) is 0 Å². The van der Waals surface area contributed by atoms with E-state index in [0.717, 1.165) is 38.4 Å². The summed E-state index contributed by atoms with van der Waals surface area (Å²) >= 11 is 0. The molecule has 25 heavy (non-hydrogen) atoms. The van der Waals surface area contributed by atoms with E-state index in [9.17, 15) is 0 Å². The maximum Gasteiger partial charge on any atom is 0.191 e. The van der Waals surface area contributed by atoms with E-state index in [0.29, 0.717) is 0 Å². The van der Waals surface area contributed by atoms with Gasteiger partial charge in [-0.25, -0.2) is 0 Å². The van der Waals surface area contributed by atoms with Gasteiger partial charge in [-0.2, -0.15) is 0 Å². The topological polar surface area (TPSA) is 57.1 Å². The van der Waals surface area contributed by atoms with Gasteiger partial charge in [-0.1, -0.05) is 18.2 Å². The van der Waals surface area contributed by atoms with Gasteiger partial charge in [0.1, 0.15) is 0 Å². The highest BCUT2D eigenvalue weighted by atomic mass is 127. The number of halogens is 1. The summed E-state index contributed by atoms with van der Waals surface area (Å²) in [5.41, 5.74) is 2.59. The molecular formula is C19H26IN5. The lowest BCUT2D eigenvalue weighted by Crippen LogP contribution is -2.39. The number of hydrogen-bond acceptors (Lipinski definition) is 1. The Morgan fingerprint density at radius 3 is 2.64 bits per heavy atom. The fourth-order valence-electron chi connectivity index (χ4n) is 2.87. The zero-order valence-electron chi connectivity index (χ0n) is 14.5. The Morgan fingerprint density at radius 2 is 1.84 bits per heavy atom. The van der Waals surface area contributed by atoms with Crippen molar-refractivity contribution >= 4 is 40.8 Å². The van der Waals surface area contributed by atoms with Crippen molar-refractivity contribution in [3.05, 3.63) is 60.6 Å². The number of aromatic amines is 1. The van der Waals surface area contributed by atoms with Crippen molar-refractivity contribution in [2.24, 2.45) is 4.99 Å². The first kappa shape index (κ1) is 19.4. The summed E-state index contributed by atoms with van der Waals surface area (Å²) in [6.07, 6.45) is 8.38. The molecule has 2 heterocycles. The average Bonchev–Trinajstić information content (AvgIpc) is 3.27. The maximum absolute atomic E-state index is 4.27. The van der Waals surface area contributed by atoms with Crippen LogP contribution in [0.25, 0.3) is 10.9 Å². The van der Waals surface area contributed by atoms with Crippen LogP contribution in [0.3, 0.4) is 0 Å². The molecule has 1 aromatic carbocycles. The number of aromatic nitrogens is 2. The summed E-state index contributed by atoms with van der Waals surface area (Å²) in [6.45, 7) is 2.70. The number of nitrogens with zero attached hydrogens (tertiary/aromatic N) is 2. The summed E-state index contributed by atoms with van der Waals surface area (Å²) in [7, 11) is 1.81. The monoisotopic (exact) mass is 451 g/mol. The Hall–Kier alpha value is -1.96. The van der Waals surface area contributed by atoms with E-state index in [1.165, 1.54) is 16.5 Å². The Kier molecular flexibility index (Phi) is 7.84. The summed E-state index contributed by atoms with van der Waals surface area (Å²) in [5.74, 6) is 0.862. The number of benzene rings is 1. The molecule has 0 bridgehead atoms. The predicted octanol–water partition coefficient (Wildman–Crippen LogP) is 3.39. The van der Waals surface area contributed by atoms with Crippen molar-refractivity contribution in [3.8, 4) is 0 Å². The van der Waals surface area contributed by atoms with E-state index in [1.807, 2.05) is 19.2 Å². The molecule has 134 valence electrons. The second kappa shape index (κ2) is 10.1. The molecule has 3 aromatic rings. The van der Waals surface area contributed by atoms with Gasteiger partial charge < -0.3 is 20.2 Å². The molecule has 0 aliphatic heterocycles. The molecule has 0 spiro atoms. The van der Waals surface area contributed by atoms with Gasteiger partial charge in [-0.3, -0.25) is 4.99 Å². The van der Waals surface area contributed by atoms with Gasteiger partial charge in [0.2, 0.25) is 0 Å². The fraction of sp³-hybridized carbons (Fsp3) is 0.316. The van der Waals surface area contributed by atoms with Crippen molar-refractivity contribution in [1.29, 1.82) is 0 Å². The minimum Gasteiger partial charge on any atom is -0.361 e. The predicted molar refractivity (Wildman–Crippen MR) is 116 cm³/mol. The molecule has 0 radical (unpaired) electrons. The summed E-state index contributed by atoms with van der Waals surface area (Å²) in [5, 5.41) is 8.05. The third-order valence-corrected chi connectivity index (χ3v) is 4.14. The van der Waals surface area contributed by atoms with Crippen molar-refractivity contribution in [2.75, 3.05) is 20.1 Å². The Labute approximate surface area is 165 Å². The van der Waals surface area contributed by atoms with Gasteiger partial charge in [-0.15, -0.1) is 24.0 Å². The van der Waals surface area contributed by atoms with Gasteiger partial charge in [-0.05, 0) is 36.6 Å². The van der Waals surface area contributed by atoms with Crippen molar-refractivity contribution in [2.45, 2.75) is 19.4 Å². The Morgan fingerprint density at radius 1 is 1.08 bits per heavy atom. The van der Waals surface area contributed by atoms with Gasteiger partial charge in [0, 0.05) is 56.2 Å². The molecule has 6 heteroatoms. The van der Waals surface area contributed by atoms with Crippen LogP contribution in [0.5, 0.6) is 0 Å². The number of aryl methyl sites for hydroxylation is 1. The van der Waals surface area contributed by atoms with Gasteiger partial charge in [0.05, 0.1) is 0 Å². The zero-order chi connectivity index (χ0) is 16.6. The lowest BCUT2D eigenvalue weighted by molar-refractivity contribution is 0.661. The number of rotatable bonds is 7. The SMILES string of the molecule is CN=C(NCCCc1c[nH]c2ccccc12)NCCn1cccc1.I. The zero-order valence-corrected chi connectivity index (χ0v) is 16.9. The van der Waals surface area contributed by atoms with E-state index >= 15 is 0 Å². The molecule has 0 amide bonds. The van der Waals surface area contributed by atoms with Crippen LogP contribution in [0.4, 0.5) is 0 Å². The summed E-state index contributed by atoms with van der Waals surface area (Å²) < 4.78 is 2.15. The molecule has 0 atom stereocenters. The maximum atomic E-state index is 4.27. The number of hydrogen-bond donors (Lipinski definition) is 3. The Balaban J connectivity index is 0.00000225. The van der Waals surface area contributed by atoms with Crippen LogP contribution in [-0.2, 0) is 13.0 Å². The molecule has 0 saturated carbocycles. The fourth-order valence-corrected chi connectivity index (χ4v) is 2.87. The van der Waals surface area contributed by atoms with Crippen LogP contribution in [0.2, 0.25) is 0 Å².